The van der Waals surface area contributed by atoms with Crippen LogP contribution in [0.2, 0.25) is 5.02 Å². The number of nitrogens with one attached hydrogen (secondary N) is 2. The second-order valence-electron chi connectivity index (χ2n) is 5.55. The molecule has 0 atom stereocenters. The van der Waals surface area contributed by atoms with Crippen LogP contribution < -0.4 is 15.4 Å². The van der Waals surface area contributed by atoms with E-state index >= 15 is 0 Å². The van der Waals surface area contributed by atoms with Gasteiger partial charge in [-0.05, 0) is 36.8 Å². The molecule has 2 aromatic rings. The highest BCUT2D eigenvalue weighted by Gasteiger charge is 2.13. The van der Waals surface area contributed by atoms with Crippen LogP contribution in [0.4, 0.5) is 5.69 Å². The van der Waals surface area contributed by atoms with Crippen molar-refractivity contribution in [3.05, 3.63) is 58.6 Å². The molecule has 2 N–H and O–H groups in total. The summed E-state index contributed by atoms with van der Waals surface area (Å²) in [5.74, 6) is -1.26. The molecule has 0 aliphatic rings. The fourth-order valence-corrected chi connectivity index (χ4v) is 2.41. The van der Waals surface area contributed by atoms with Crippen molar-refractivity contribution in [2.24, 2.45) is 0 Å². The Morgan fingerprint density at radius 1 is 1.11 bits per heavy atom. The van der Waals surface area contributed by atoms with Crippen LogP contribution in [0.1, 0.15) is 15.9 Å². The average molecular weight is 391 g/mol. The van der Waals surface area contributed by atoms with Gasteiger partial charge in [0, 0.05) is 10.6 Å². The molecule has 0 bridgehead atoms. The van der Waals surface area contributed by atoms with E-state index in [1.165, 1.54) is 13.2 Å². The van der Waals surface area contributed by atoms with Gasteiger partial charge in [0.15, 0.2) is 6.61 Å². The minimum atomic E-state index is -0.731. The minimum Gasteiger partial charge on any atom is -0.495 e. The molecule has 0 saturated carbocycles. The molecule has 142 valence electrons. The van der Waals surface area contributed by atoms with Crippen molar-refractivity contribution in [3.63, 3.8) is 0 Å². The van der Waals surface area contributed by atoms with Crippen molar-refractivity contribution in [1.82, 2.24) is 5.32 Å². The van der Waals surface area contributed by atoms with E-state index in [0.717, 1.165) is 5.56 Å². The summed E-state index contributed by atoms with van der Waals surface area (Å²) in [6, 6.07) is 11.7. The van der Waals surface area contributed by atoms with Gasteiger partial charge in [-0.3, -0.25) is 14.4 Å². The van der Waals surface area contributed by atoms with Crippen molar-refractivity contribution >= 4 is 35.1 Å². The van der Waals surface area contributed by atoms with Crippen LogP contribution in [0.5, 0.6) is 5.75 Å². The summed E-state index contributed by atoms with van der Waals surface area (Å²) in [7, 11) is 1.45. The Balaban J connectivity index is 1.80. The smallest absolute Gasteiger partial charge is 0.325 e. The molecule has 2 rings (SSSR count). The van der Waals surface area contributed by atoms with Crippen LogP contribution in [0, 0.1) is 6.92 Å². The Morgan fingerprint density at radius 3 is 2.56 bits per heavy atom. The Hall–Kier alpha value is -3.06. The zero-order chi connectivity index (χ0) is 19.8. The normalized spacial score (nSPS) is 10.0. The molecular weight excluding hydrogens is 372 g/mol. The maximum absolute atomic E-state index is 12.0. The van der Waals surface area contributed by atoms with Crippen LogP contribution in [0.25, 0.3) is 0 Å². The first-order valence-electron chi connectivity index (χ1n) is 8.03. The van der Waals surface area contributed by atoms with Gasteiger partial charge in [0.25, 0.3) is 11.8 Å². The predicted octanol–water partition coefficient (Wildman–Crippen LogP) is 2.57. The summed E-state index contributed by atoms with van der Waals surface area (Å²) < 4.78 is 9.97. The van der Waals surface area contributed by atoms with Crippen molar-refractivity contribution in [3.8, 4) is 5.75 Å². The third kappa shape index (κ3) is 6.00. The second kappa shape index (κ2) is 9.59. The number of carbonyl (C=O) groups excluding carboxylic acids is 3. The Kier molecular flexibility index (Phi) is 7.19. The molecule has 0 aliphatic carbocycles. The van der Waals surface area contributed by atoms with E-state index in [9.17, 15) is 14.4 Å². The lowest BCUT2D eigenvalue weighted by atomic mass is 10.1. The van der Waals surface area contributed by atoms with Gasteiger partial charge < -0.3 is 20.1 Å². The van der Waals surface area contributed by atoms with Crippen molar-refractivity contribution in [2.75, 3.05) is 25.6 Å². The van der Waals surface area contributed by atoms with Gasteiger partial charge in [0.2, 0.25) is 0 Å². The molecule has 0 heterocycles. The lowest BCUT2D eigenvalue weighted by molar-refractivity contribution is -0.146. The van der Waals surface area contributed by atoms with E-state index in [1.807, 2.05) is 6.07 Å². The number of aryl methyl sites for hydroxylation is 1. The standard InChI is InChI=1S/C19H19ClN2O5/c1-12-5-3-4-6-14(12)19(25)21-10-18(24)27-11-17(23)22-15-9-13(20)7-8-16(15)26-2/h3-9H,10-11H2,1-2H3,(H,21,25)(H,22,23). The van der Waals surface area contributed by atoms with Crippen LogP contribution in [0.15, 0.2) is 42.5 Å². The van der Waals surface area contributed by atoms with Gasteiger partial charge in [-0.15, -0.1) is 0 Å². The monoisotopic (exact) mass is 390 g/mol. The first-order valence-corrected chi connectivity index (χ1v) is 8.41. The first kappa shape index (κ1) is 20.3. The lowest BCUT2D eigenvalue weighted by Gasteiger charge is -2.11. The number of methoxy groups -OCH3 is 1. The van der Waals surface area contributed by atoms with Gasteiger partial charge in [-0.2, -0.15) is 0 Å². The number of halogens is 1. The quantitative estimate of drug-likeness (QED) is 0.709. The van der Waals surface area contributed by atoms with Gasteiger partial charge in [0.1, 0.15) is 12.3 Å². The number of benzene rings is 2. The highest BCUT2D eigenvalue weighted by molar-refractivity contribution is 6.31. The predicted molar refractivity (Wildman–Crippen MR) is 101 cm³/mol. The van der Waals surface area contributed by atoms with E-state index in [1.54, 1.807) is 37.3 Å². The zero-order valence-corrected chi connectivity index (χ0v) is 15.6. The number of ether oxygens (including phenoxy) is 2. The first-order chi connectivity index (χ1) is 12.9. The molecule has 0 saturated heterocycles. The third-order valence-electron chi connectivity index (χ3n) is 3.58. The third-order valence-corrected chi connectivity index (χ3v) is 3.82. The van der Waals surface area contributed by atoms with Crippen LogP contribution in [-0.4, -0.2) is 38.0 Å². The molecule has 0 spiro atoms. The maximum Gasteiger partial charge on any atom is 0.325 e. The van der Waals surface area contributed by atoms with E-state index in [-0.39, 0.29) is 6.54 Å². The number of rotatable bonds is 7. The van der Waals surface area contributed by atoms with Gasteiger partial charge in [-0.25, -0.2) is 0 Å². The highest BCUT2D eigenvalue weighted by atomic mass is 35.5. The van der Waals surface area contributed by atoms with E-state index in [2.05, 4.69) is 10.6 Å². The second-order valence-corrected chi connectivity index (χ2v) is 5.99. The number of anilines is 1. The summed E-state index contributed by atoms with van der Waals surface area (Å²) in [6.45, 7) is 0.942. The number of hydrogen-bond acceptors (Lipinski definition) is 5. The largest absolute Gasteiger partial charge is 0.495 e. The van der Waals surface area contributed by atoms with E-state index < -0.39 is 24.4 Å². The highest BCUT2D eigenvalue weighted by Crippen LogP contribution is 2.27. The van der Waals surface area contributed by atoms with E-state index in [4.69, 9.17) is 21.1 Å². The number of carbonyl (C=O) groups is 3. The summed E-state index contributed by atoms with van der Waals surface area (Å²) in [6.07, 6.45) is 0. The molecule has 0 aliphatic heterocycles. The minimum absolute atomic E-state index is 0.346. The summed E-state index contributed by atoms with van der Waals surface area (Å²) in [4.78, 5) is 35.7. The van der Waals surface area contributed by atoms with Crippen molar-refractivity contribution in [2.45, 2.75) is 6.92 Å². The van der Waals surface area contributed by atoms with Crippen molar-refractivity contribution in [1.29, 1.82) is 0 Å². The van der Waals surface area contributed by atoms with Crippen LogP contribution in [-0.2, 0) is 14.3 Å². The SMILES string of the molecule is COc1ccc(Cl)cc1NC(=O)COC(=O)CNC(=O)c1ccccc1C. The molecule has 0 aromatic heterocycles. The molecule has 0 radical (unpaired) electrons. The Morgan fingerprint density at radius 2 is 1.85 bits per heavy atom. The molecular formula is C19H19ClN2O5. The number of esters is 1. The number of hydrogen-bond donors (Lipinski definition) is 2. The average Bonchev–Trinajstić information content (AvgIpc) is 2.65. The van der Waals surface area contributed by atoms with E-state index in [0.29, 0.717) is 22.0 Å². The Labute approximate surface area is 161 Å². The molecule has 2 aromatic carbocycles. The summed E-state index contributed by atoms with van der Waals surface area (Å²) in [5, 5.41) is 5.42. The fourth-order valence-electron chi connectivity index (χ4n) is 2.24. The van der Waals surface area contributed by atoms with Crippen molar-refractivity contribution < 1.29 is 23.9 Å². The lowest BCUT2D eigenvalue weighted by Crippen LogP contribution is -2.32. The molecule has 7 nitrogen and oxygen atoms in total. The topological polar surface area (TPSA) is 93.7 Å². The zero-order valence-electron chi connectivity index (χ0n) is 14.9. The molecule has 27 heavy (non-hydrogen) atoms. The maximum atomic E-state index is 12.0. The molecule has 0 fully saturated rings. The van der Waals surface area contributed by atoms with Crippen LogP contribution >= 0.6 is 11.6 Å². The molecule has 0 unspecified atom stereocenters. The molecule has 2 amide bonds. The van der Waals surface area contributed by atoms with Crippen LogP contribution in [0.3, 0.4) is 0 Å². The van der Waals surface area contributed by atoms with Gasteiger partial charge >= 0.3 is 5.97 Å². The molecule has 8 heteroatoms. The van der Waals surface area contributed by atoms with Gasteiger partial charge in [0.05, 0.1) is 12.8 Å². The Bertz CT molecular complexity index is 854. The fraction of sp³-hybridized carbons (Fsp3) is 0.211. The number of amides is 2. The summed E-state index contributed by atoms with van der Waals surface area (Å²) >= 11 is 5.88. The summed E-state index contributed by atoms with van der Waals surface area (Å²) in [5.41, 5.74) is 1.62. The van der Waals surface area contributed by atoms with Gasteiger partial charge in [-0.1, -0.05) is 29.8 Å².